The summed E-state index contributed by atoms with van der Waals surface area (Å²) in [5.41, 5.74) is 6.10. The minimum atomic E-state index is 0.0160. The molecule has 0 aromatic rings. The van der Waals surface area contributed by atoms with Gasteiger partial charge in [0, 0.05) is 18.0 Å². The molecule has 2 aliphatic rings. The van der Waals surface area contributed by atoms with Gasteiger partial charge in [-0.3, -0.25) is 9.89 Å². The number of nitrogens with zero attached hydrogens (tertiary/aromatic N) is 2. The molecule has 2 aliphatic heterocycles. The van der Waals surface area contributed by atoms with Crippen LogP contribution in [-0.4, -0.2) is 35.9 Å². The van der Waals surface area contributed by atoms with Crippen molar-refractivity contribution in [3.8, 4) is 0 Å². The monoisotopic (exact) mass is 223 g/mol. The minimum absolute atomic E-state index is 0.0160. The smallest absolute Gasteiger partial charge is 0.0995 e. The third kappa shape index (κ3) is 2.40. The summed E-state index contributed by atoms with van der Waals surface area (Å²) in [6.45, 7) is 8.90. The Morgan fingerprint density at radius 3 is 2.62 bits per heavy atom. The molecule has 0 bridgehead atoms. The van der Waals surface area contributed by atoms with Gasteiger partial charge in [0.25, 0.3) is 0 Å². The quantitative estimate of drug-likeness (QED) is 0.546. The lowest BCUT2D eigenvalue weighted by Crippen LogP contribution is -2.40. The fourth-order valence-corrected chi connectivity index (χ4v) is 2.74. The largest absolute Gasteiger partial charge is 0.387 e. The van der Waals surface area contributed by atoms with Crippen molar-refractivity contribution in [2.75, 3.05) is 13.1 Å². The maximum atomic E-state index is 6.08. The molecule has 2 saturated heterocycles. The molecule has 2 unspecified atom stereocenters. The normalized spacial score (nSPS) is 32.8. The molecule has 2 heterocycles. The summed E-state index contributed by atoms with van der Waals surface area (Å²) in [6, 6.07) is 1.13. The average Bonchev–Trinajstić information content (AvgIpc) is 2.61. The molecule has 0 amide bonds. The van der Waals surface area contributed by atoms with Crippen LogP contribution in [0.2, 0.25) is 0 Å². The summed E-state index contributed by atoms with van der Waals surface area (Å²) in [7, 11) is 0. The van der Waals surface area contributed by atoms with E-state index in [0.717, 1.165) is 5.84 Å². The zero-order valence-corrected chi connectivity index (χ0v) is 10.9. The van der Waals surface area contributed by atoms with E-state index in [9.17, 15) is 0 Å². The predicted octanol–water partition coefficient (Wildman–Crippen LogP) is 2.02. The summed E-state index contributed by atoms with van der Waals surface area (Å²) in [5.74, 6) is 0.824. The Balaban J connectivity index is 2.06. The van der Waals surface area contributed by atoms with Crippen molar-refractivity contribution >= 4 is 5.84 Å². The zero-order chi connectivity index (χ0) is 11.8. The molecule has 3 heteroatoms. The van der Waals surface area contributed by atoms with Crippen LogP contribution in [0, 0.1) is 5.41 Å². The van der Waals surface area contributed by atoms with Crippen molar-refractivity contribution in [2.45, 2.75) is 58.5 Å². The van der Waals surface area contributed by atoms with Gasteiger partial charge in [0.15, 0.2) is 0 Å². The summed E-state index contributed by atoms with van der Waals surface area (Å²) >= 11 is 0. The van der Waals surface area contributed by atoms with E-state index in [1.165, 1.54) is 38.8 Å². The lowest BCUT2D eigenvalue weighted by Gasteiger charge is -2.31. The molecule has 2 fully saturated rings. The van der Waals surface area contributed by atoms with Crippen LogP contribution in [0.4, 0.5) is 0 Å². The van der Waals surface area contributed by atoms with Crippen LogP contribution in [0.3, 0.4) is 0 Å². The van der Waals surface area contributed by atoms with E-state index in [2.05, 4.69) is 25.7 Å². The second kappa shape index (κ2) is 4.36. The van der Waals surface area contributed by atoms with Gasteiger partial charge < -0.3 is 5.73 Å². The van der Waals surface area contributed by atoms with Crippen LogP contribution >= 0.6 is 0 Å². The first-order valence-electron chi connectivity index (χ1n) is 6.56. The van der Waals surface area contributed by atoms with Gasteiger partial charge in [0.2, 0.25) is 0 Å². The van der Waals surface area contributed by atoms with Crippen LogP contribution < -0.4 is 5.73 Å². The molecular formula is C13H25N3. The van der Waals surface area contributed by atoms with Crippen molar-refractivity contribution < 1.29 is 0 Å². The molecule has 2 atom stereocenters. The standard InChI is InChI=1S/C13H25N3/c1-13(2,3)12(14)15-10-7-9-16-8-5-4-6-11(10)16/h10-11H,4-9H2,1-3H3,(H2,14,15). The Morgan fingerprint density at radius 2 is 1.94 bits per heavy atom. The van der Waals surface area contributed by atoms with E-state index >= 15 is 0 Å². The summed E-state index contributed by atoms with van der Waals surface area (Å²) in [4.78, 5) is 7.39. The molecular weight excluding hydrogens is 198 g/mol. The molecule has 92 valence electrons. The maximum absolute atomic E-state index is 6.08. The molecule has 3 nitrogen and oxygen atoms in total. The number of nitrogens with two attached hydrogens (primary N) is 1. The highest BCUT2D eigenvalue weighted by Gasteiger charge is 2.35. The van der Waals surface area contributed by atoms with E-state index in [-0.39, 0.29) is 5.41 Å². The summed E-state index contributed by atoms with van der Waals surface area (Å²) < 4.78 is 0. The van der Waals surface area contributed by atoms with Crippen LogP contribution in [0.5, 0.6) is 0 Å². The van der Waals surface area contributed by atoms with Gasteiger partial charge in [-0.15, -0.1) is 0 Å². The van der Waals surface area contributed by atoms with Crippen LogP contribution in [0.1, 0.15) is 46.5 Å². The Kier molecular flexibility index (Phi) is 3.24. The fraction of sp³-hybridized carbons (Fsp3) is 0.923. The number of amidine groups is 1. The van der Waals surface area contributed by atoms with Crippen molar-refractivity contribution in [3.05, 3.63) is 0 Å². The third-order valence-electron chi connectivity index (χ3n) is 3.89. The molecule has 0 aromatic carbocycles. The van der Waals surface area contributed by atoms with E-state index in [0.29, 0.717) is 12.1 Å². The van der Waals surface area contributed by atoms with Crippen molar-refractivity contribution in [1.29, 1.82) is 0 Å². The Morgan fingerprint density at radius 1 is 1.19 bits per heavy atom. The van der Waals surface area contributed by atoms with Crippen molar-refractivity contribution in [2.24, 2.45) is 16.1 Å². The van der Waals surface area contributed by atoms with Gasteiger partial charge in [-0.1, -0.05) is 27.2 Å². The molecule has 0 saturated carbocycles. The van der Waals surface area contributed by atoms with Gasteiger partial charge in [0.05, 0.1) is 11.9 Å². The van der Waals surface area contributed by atoms with Crippen molar-refractivity contribution in [3.63, 3.8) is 0 Å². The maximum Gasteiger partial charge on any atom is 0.0995 e. The minimum Gasteiger partial charge on any atom is -0.387 e. The van der Waals surface area contributed by atoms with E-state index in [1.54, 1.807) is 0 Å². The second-order valence-electron chi connectivity index (χ2n) is 6.22. The SMILES string of the molecule is CC(C)(C)C(N)=NC1CCN2CCCCC12. The Labute approximate surface area is 99.1 Å². The second-order valence-corrected chi connectivity index (χ2v) is 6.22. The summed E-state index contributed by atoms with van der Waals surface area (Å²) in [5, 5.41) is 0. The number of fused-ring (bicyclic) bond motifs is 1. The Bertz CT molecular complexity index is 277. The highest BCUT2D eigenvalue weighted by molar-refractivity contribution is 5.85. The highest BCUT2D eigenvalue weighted by atomic mass is 15.2. The number of hydrogen-bond donors (Lipinski definition) is 1. The lowest BCUT2D eigenvalue weighted by atomic mass is 9.94. The van der Waals surface area contributed by atoms with E-state index < -0.39 is 0 Å². The van der Waals surface area contributed by atoms with Gasteiger partial charge >= 0.3 is 0 Å². The van der Waals surface area contributed by atoms with E-state index in [1.807, 2.05) is 0 Å². The zero-order valence-electron chi connectivity index (χ0n) is 10.9. The van der Waals surface area contributed by atoms with Gasteiger partial charge in [-0.2, -0.15) is 0 Å². The molecule has 0 spiro atoms. The first-order valence-corrected chi connectivity index (χ1v) is 6.56. The van der Waals surface area contributed by atoms with Crippen LogP contribution in [-0.2, 0) is 0 Å². The van der Waals surface area contributed by atoms with Crippen LogP contribution in [0.15, 0.2) is 4.99 Å². The third-order valence-corrected chi connectivity index (χ3v) is 3.89. The fourth-order valence-electron chi connectivity index (χ4n) is 2.74. The Hall–Kier alpha value is -0.570. The van der Waals surface area contributed by atoms with Gasteiger partial charge in [-0.05, 0) is 25.8 Å². The number of piperidine rings is 1. The molecule has 2 rings (SSSR count). The number of aliphatic imine (C=N–C) groups is 1. The predicted molar refractivity (Wildman–Crippen MR) is 68.7 cm³/mol. The van der Waals surface area contributed by atoms with Gasteiger partial charge in [0.1, 0.15) is 0 Å². The molecule has 0 radical (unpaired) electrons. The van der Waals surface area contributed by atoms with Gasteiger partial charge in [-0.25, -0.2) is 0 Å². The topological polar surface area (TPSA) is 41.6 Å². The highest BCUT2D eigenvalue weighted by Crippen LogP contribution is 2.29. The first-order chi connectivity index (χ1) is 7.48. The molecule has 0 aliphatic carbocycles. The number of rotatable bonds is 1. The molecule has 2 N–H and O–H groups in total. The van der Waals surface area contributed by atoms with E-state index in [4.69, 9.17) is 10.7 Å². The molecule has 0 aromatic heterocycles. The summed E-state index contributed by atoms with van der Waals surface area (Å²) in [6.07, 6.45) is 5.23. The average molecular weight is 223 g/mol. The number of hydrogen-bond acceptors (Lipinski definition) is 2. The first kappa shape index (κ1) is 11.9. The lowest BCUT2D eigenvalue weighted by molar-refractivity contribution is 0.189. The van der Waals surface area contributed by atoms with Crippen molar-refractivity contribution in [1.82, 2.24) is 4.90 Å². The van der Waals surface area contributed by atoms with Crippen LogP contribution in [0.25, 0.3) is 0 Å². The molecule has 16 heavy (non-hydrogen) atoms.